The van der Waals surface area contributed by atoms with Gasteiger partial charge in [0, 0.05) is 12.6 Å². The van der Waals surface area contributed by atoms with Crippen molar-refractivity contribution in [3.8, 4) is 0 Å². The zero-order chi connectivity index (χ0) is 15.0. The number of rotatable bonds is 4. The van der Waals surface area contributed by atoms with Crippen molar-refractivity contribution in [3.63, 3.8) is 0 Å². The Morgan fingerprint density at radius 3 is 2.52 bits per heavy atom. The largest absolute Gasteiger partial charge is 0.352 e. The summed E-state index contributed by atoms with van der Waals surface area (Å²) >= 11 is 0. The monoisotopic (exact) mass is 310 g/mol. The average molecular weight is 310 g/mol. The molecule has 2 aliphatic rings. The number of halogens is 1. The molecule has 0 spiro atoms. The maximum Gasteiger partial charge on any atom is 0.244 e. The number of amides is 1. The number of carbonyl (C=O) groups excluding carboxylic acids is 1. The van der Waals surface area contributed by atoms with Crippen LogP contribution in [0.3, 0.4) is 0 Å². The Labute approximate surface area is 122 Å². The number of nitrogens with zero attached hydrogens (tertiary/aromatic N) is 1. The minimum atomic E-state index is -3.82. The van der Waals surface area contributed by atoms with Crippen LogP contribution in [0.15, 0.2) is 41.3 Å². The predicted molar refractivity (Wildman–Crippen MR) is 74.4 cm³/mol. The van der Waals surface area contributed by atoms with Crippen LogP contribution in [-0.2, 0) is 14.8 Å². The van der Waals surface area contributed by atoms with E-state index in [0.717, 1.165) is 29.3 Å². The molecule has 1 saturated carbocycles. The Morgan fingerprint density at radius 1 is 1.24 bits per heavy atom. The smallest absolute Gasteiger partial charge is 0.244 e. The van der Waals surface area contributed by atoms with E-state index in [1.165, 1.54) is 12.1 Å². The second-order valence-corrected chi connectivity index (χ2v) is 7.08. The van der Waals surface area contributed by atoms with Crippen LogP contribution < -0.4 is 5.32 Å². The fourth-order valence-electron chi connectivity index (χ4n) is 2.23. The number of sulfonamides is 1. The highest BCUT2D eigenvalue weighted by Crippen LogP contribution is 2.24. The molecule has 1 aliphatic heterocycles. The maximum absolute atomic E-state index is 12.9. The van der Waals surface area contributed by atoms with Crippen molar-refractivity contribution in [3.05, 3.63) is 42.2 Å². The second-order valence-electron chi connectivity index (χ2n) is 5.18. The number of hydrogen-bond donors (Lipinski definition) is 1. The summed E-state index contributed by atoms with van der Waals surface area (Å²) in [6.45, 7) is 0.141. The number of benzene rings is 1. The molecule has 0 radical (unpaired) electrons. The second kappa shape index (κ2) is 5.23. The maximum atomic E-state index is 12.9. The molecular formula is C14H15FN2O3S. The van der Waals surface area contributed by atoms with Gasteiger partial charge in [-0.1, -0.05) is 12.2 Å². The SMILES string of the molecule is O=C(NC1CC1)[C@H]1C=CCN1S(=O)(=O)c1ccc(F)cc1. The van der Waals surface area contributed by atoms with Crippen LogP contribution in [0.2, 0.25) is 0 Å². The Bertz CT molecular complexity index is 681. The quantitative estimate of drug-likeness (QED) is 0.845. The van der Waals surface area contributed by atoms with Crippen molar-refractivity contribution >= 4 is 15.9 Å². The first-order valence-electron chi connectivity index (χ1n) is 6.73. The first-order valence-corrected chi connectivity index (χ1v) is 8.17. The van der Waals surface area contributed by atoms with E-state index in [2.05, 4.69) is 5.32 Å². The van der Waals surface area contributed by atoms with Gasteiger partial charge in [-0.2, -0.15) is 4.31 Å². The van der Waals surface area contributed by atoms with Crippen molar-refractivity contribution in [1.29, 1.82) is 0 Å². The minimum Gasteiger partial charge on any atom is -0.352 e. The molecule has 1 amide bonds. The van der Waals surface area contributed by atoms with Crippen molar-refractivity contribution < 1.29 is 17.6 Å². The predicted octanol–water partition coefficient (Wildman–Crippen LogP) is 1.03. The molecule has 1 atom stereocenters. The van der Waals surface area contributed by atoms with Crippen molar-refractivity contribution in [2.75, 3.05) is 6.54 Å². The van der Waals surface area contributed by atoms with E-state index in [4.69, 9.17) is 0 Å². The third-order valence-corrected chi connectivity index (χ3v) is 5.39. The molecule has 1 fully saturated rings. The van der Waals surface area contributed by atoms with E-state index in [-0.39, 0.29) is 23.4 Å². The van der Waals surface area contributed by atoms with Crippen LogP contribution in [0.1, 0.15) is 12.8 Å². The molecular weight excluding hydrogens is 295 g/mol. The zero-order valence-corrected chi connectivity index (χ0v) is 12.0. The van der Waals surface area contributed by atoms with Gasteiger partial charge in [0.15, 0.2) is 0 Å². The average Bonchev–Trinajstić information content (AvgIpc) is 3.11. The van der Waals surface area contributed by atoms with Gasteiger partial charge in [0.2, 0.25) is 15.9 Å². The van der Waals surface area contributed by atoms with E-state index >= 15 is 0 Å². The molecule has 3 rings (SSSR count). The van der Waals surface area contributed by atoms with Crippen LogP contribution in [0.4, 0.5) is 4.39 Å². The highest BCUT2D eigenvalue weighted by molar-refractivity contribution is 7.89. The Balaban J connectivity index is 1.83. The molecule has 21 heavy (non-hydrogen) atoms. The molecule has 1 aromatic rings. The fourth-order valence-corrected chi connectivity index (χ4v) is 3.72. The van der Waals surface area contributed by atoms with Gasteiger partial charge in [0.05, 0.1) is 4.90 Å². The number of nitrogens with one attached hydrogen (secondary N) is 1. The Hall–Kier alpha value is -1.73. The van der Waals surface area contributed by atoms with E-state index in [9.17, 15) is 17.6 Å². The van der Waals surface area contributed by atoms with E-state index < -0.39 is 21.9 Å². The van der Waals surface area contributed by atoms with Crippen molar-refractivity contribution in [1.82, 2.24) is 9.62 Å². The summed E-state index contributed by atoms with van der Waals surface area (Å²) in [5.74, 6) is -0.812. The van der Waals surface area contributed by atoms with Crippen LogP contribution in [0.5, 0.6) is 0 Å². The summed E-state index contributed by atoms with van der Waals surface area (Å²) in [4.78, 5) is 12.1. The summed E-state index contributed by atoms with van der Waals surface area (Å²) in [7, 11) is -3.82. The van der Waals surface area contributed by atoms with Gasteiger partial charge in [-0.3, -0.25) is 4.79 Å². The normalized spacial score (nSPS) is 22.4. The van der Waals surface area contributed by atoms with E-state index in [1.54, 1.807) is 12.2 Å². The Kier molecular flexibility index (Phi) is 3.54. The Morgan fingerprint density at radius 2 is 1.90 bits per heavy atom. The van der Waals surface area contributed by atoms with Gasteiger partial charge in [-0.05, 0) is 37.1 Å². The van der Waals surface area contributed by atoms with E-state index in [0.29, 0.717) is 0 Å². The summed E-state index contributed by atoms with van der Waals surface area (Å²) in [5, 5.41) is 2.80. The topological polar surface area (TPSA) is 66.5 Å². The standard InChI is InChI=1S/C14H15FN2O3S/c15-10-3-7-12(8-4-10)21(19,20)17-9-1-2-13(17)14(18)16-11-5-6-11/h1-4,7-8,11,13H,5-6,9H2,(H,16,18)/t13-/m1/s1. The van der Waals surface area contributed by atoms with Gasteiger partial charge in [0.1, 0.15) is 11.9 Å². The van der Waals surface area contributed by atoms with Crippen LogP contribution in [0.25, 0.3) is 0 Å². The first kappa shape index (κ1) is 14.2. The zero-order valence-electron chi connectivity index (χ0n) is 11.2. The van der Waals surface area contributed by atoms with Crippen molar-refractivity contribution in [2.24, 2.45) is 0 Å². The molecule has 5 nitrogen and oxygen atoms in total. The van der Waals surface area contributed by atoms with Crippen LogP contribution in [-0.4, -0.2) is 37.3 Å². The number of hydrogen-bond acceptors (Lipinski definition) is 3. The third-order valence-electron chi connectivity index (χ3n) is 3.53. The lowest BCUT2D eigenvalue weighted by Gasteiger charge is -2.23. The van der Waals surface area contributed by atoms with Gasteiger partial charge >= 0.3 is 0 Å². The van der Waals surface area contributed by atoms with Gasteiger partial charge in [-0.25, -0.2) is 12.8 Å². The van der Waals surface area contributed by atoms with Crippen LogP contribution in [0, 0.1) is 5.82 Å². The highest BCUT2D eigenvalue weighted by atomic mass is 32.2. The molecule has 1 N–H and O–H groups in total. The van der Waals surface area contributed by atoms with Crippen LogP contribution >= 0.6 is 0 Å². The van der Waals surface area contributed by atoms with Gasteiger partial charge in [-0.15, -0.1) is 0 Å². The molecule has 1 aliphatic carbocycles. The van der Waals surface area contributed by atoms with Crippen molar-refractivity contribution in [2.45, 2.75) is 29.8 Å². The van der Waals surface area contributed by atoms with Gasteiger partial charge in [0.25, 0.3) is 0 Å². The molecule has 0 saturated heterocycles. The first-order chi connectivity index (χ1) is 9.98. The number of carbonyl (C=O) groups is 1. The summed E-state index contributed by atoms with van der Waals surface area (Å²) in [5.41, 5.74) is 0. The lowest BCUT2D eigenvalue weighted by Crippen LogP contribution is -2.46. The van der Waals surface area contributed by atoms with E-state index in [1.807, 2.05) is 0 Å². The molecule has 0 bridgehead atoms. The molecule has 1 heterocycles. The summed E-state index contributed by atoms with van der Waals surface area (Å²) < 4.78 is 39.1. The molecule has 0 unspecified atom stereocenters. The summed E-state index contributed by atoms with van der Waals surface area (Å²) in [6.07, 6.45) is 5.11. The fraction of sp³-hybridized carbons (Fsp3) is 0.357. The molecule has 7 heteroatoms. The summed E-state index contributed by atoms with van der Waals surface area (Å²) in [6, 6.07) is 3.94. The third kappa shape index (κ3) is 2.84. The minimum absolute atomic E-state index is 0.0168. The molecule has 1 aromatic carbocycles. The lowest BCUT2D eigenvalue weighted by molar-refractivity contribution is -0.123. The molecule has 0 aromatic heterocycles. The van der Waals surface area contributed by atoms with Gasteiger partial charge < -0.3 is 5.32 Å². The lowest BCUT2D eigenvalue weighted by atomic mass is 10.3. The molecule has 112 valence electrons. The highest BCUT2D eigenvalue weighted by Gasteiger charge is 2.38.